The minimum Gasteiger partial charge on any atom is -0.497 e. The van der Waals surface area contributed by atoms with Crippen molar-refractivity contribution < 1.29 is 23.0 Å². The Hall–Kier alpha value is -1.31. The second-order valence-electron chi connectivity index (χ2n) is 5.85. The van der Waals surface area contributed by atoms with Crippen LogP contribution in [0.4, 0.5) is 13.2 Å². The lowest BCUT2D eigenvalue weighted by Crippen LogP contribution is -2.51. The van der Waals surface area contributed by atoms with Crippen LogP contribution in [0.25, 0.3) is 0 Å². The van der Waals surface area contributed by atoms with E-state index in [-0.39, 0.29) is 12.6 Å². The molecule has 1 heterocycles. The van der Waals surface area contributed by atoms with Gasteiger partial charge >= 0.3 is 6.18 Å². The summed E-state index contributed by atoms with van der Waals surface area (Å²) in [7, 11) is 1.62. The van der Waals surface area contributed by atoms with Crippen molar-refractivity contribution in [2.24, 2.45) is 0 Å². The average molecular weight is 332 g/mol. The lowest BCUT2D eigenvalue weighted by molar-refractivity contribution is -0.209. The van der Waals surface area contributed by atoms with Crippen molar-refractivity contribution in [3.05, 3.63) is 29.8 Å². The monoisotopic (exact) mass is 332 g/mol. The van der Waals surface area contributed by atoms with Crippen LogP contribution in [0.5, 0.6) is 5.75 Å². The van der Waals surface area contributed by atoms with E-state index in [0.717, 1.165) is 11.3 Å². The molecule has 0 aromatic heterocycles. The van der Waals surface area contributed by atoms with E-state index in [0.29, 0.717) is 26.2 Å². The Bertz CT molecular complexity index is 502. The molecule has 0 bridgehead atoms. The number of β-amino-alcohol motifs (C(OH)–C–C–N with tert-alkyl or cyclic N) is 1. The topological polar surface area (TPSA) is 35.9 Å². The Morgan fingerprint density at radius 2 is 1.87 bits per heavy atom. The molecule has 1 N–H and O–H groups in total. The number of methoxy groups -OCH3 is 1. The molecule has 2 atom stereocenters. The molecule has 0 saturated carbocycles. The third-order valence-corrected chi connectivity index (χ3v) is 4.34. The van der Waals surface area contributed by atoms with E-state index in [2.05, 4.69) is 11.8 Å². The Morgan fingerprint density at radius 3 is 2.43 bits per heavy atom. The molecule has 1 fully saturated rings. The first-order valence-electron chi connectivity index (χ1n) is 7.66. The Morgan fingerprint density at radius 1 is 1.22 bits per heavy atom. The number of aliphatic hydroxyl groups is 1. The van der Waals surface area contributed by atoms with Crippen molar-refractivity contribution in [3.63, 3.8) is 0 Å². The van der Waals surface area contributed by atoms with Crippen LogP contribution >= 0.6 is 0 Å². The van der Waals surface area contributed by atoms with Crippen LogP contribution in [-0.4, -0.2) is 67.0 Å². The number of piperazine rings is 1. The summed E-state index contributed by atoms with van der Waals surface area (Å²) < 4.78 is 42.4. The van der Waals surface area contributed by atoms with Crippen molar-refractivity contribution in [3.8, 4) is 5.75 Å². The molecule has 1 aromatic carbocycles. The van der Waals surface area contributed by atoms with Crippen LogP contribution in [0.15, 0.2) is 24.3 Å². The molecule has 1 aromatic rings. The Balaban J connectivity index is 1.88. The minimum absolute atomic E-state index is 0.166. The van der Waals surface area contributed by atoms with E-state index < -0.39 is 12.3 Å². The minimum atomic E-state index is -4.55. The molecule has 130 valence electrons. The van der Waals surface area contributed by atoms with Crippen molar-refractivity contribution in [1.82, 2.24) is 9.80 Å². The molecule has 0 unspecified atom stereocenters. The quantitative estimate of drug-likeness (QED) is 0.898. The van der Waals surface area contributed by atoms with E-state index in [9.17, 15) is 13.2 Å². The first-order valence-corrected chi connectivity index (χ1v) is 7.66. The third kappa shape index (κ3) is 4.83. The molecular formula is C16H23F3N2O2. The molecule has 0 aliphatic carbocycles. The SMILES string of the molecule is COc1cccc([C@H](C)N2CCN(C[C@H](O)C(F)(F)F)CC2)c1. The number of ether oxygens (including phenoxy) is 1. The van der Waals surface area contributed by atoms with Gasteiger partial charge in [0.25, 0.3) is 0 Å². The molecule has 23 heavy (non-hydrogen) atoms. The van der Waals surface area contributed by atoms with Gasteiger partial charge in [0.15, 0.2) is 6.10 Å². The molecule has 2 rings (SSSR count). The van der Waals surface area contributed by atoms with E-state index >= 15 is 0 Å². The zero-order chi connectivity index (χ0) is 17.0. The highest BCUT2D eigenvalue weighted by atomic mass is 19.4. The van der Waals surface area contributed by atoms with Gasteiger partial charge < -0.3 is 9.84 Å². The first kappa shape index (κ1) is 18.0. The van der Waals surface area contributed by atoms with Crippen molar-refractivity contribution >= 4 is 0 Å². The maximum atomic E-state index is 12.4. The highest BCUT2D eigenvalue weighted by molar-refractivity contribution is 5.30. The molecule has 4 nitrogen and oxygen atoms in total. The summed E-state index contributed by atoms with van der Waals surface area (Å²) in [5.41, 5.74) is 1.12. The second kappa shape index (κ2) is 7.51. The first-order chi connectivity index (χ1) is 10.8. The zero-order valence-corrected chi connectivity index (χ0v) is 13.4. The normalized spacial score (nSPS) is 20.3. The summed E-state index contributed by atoms with van der Waals surface area (Å²) in [6.45, 7) is 4.09. The fourth-order valence-corrected chi connectivity index (χ4v) is 2.79. The third-order valence-electron chi connectivity index (χ3n) is 4.34. The lowest BCUT2D eigenvalue weighted by Gasteiger charge is -2.39. The highest BCUT2D eigenvalue weighted by Gasteiger charge is 2.39. The molecule has 0 amide bonds. The van der Waals surface area contributed by atoms with Gasteiger partial charge in [0.2, 0.25) is 0 Å². The van der Waals surface area contributed by atoms with Crippen LogP contribution in [0.3, 0.4) is 0 Å². The van der Waals surface area contributed by atoms with Gasteiger partial charge in [-0.05, 0) is 24.6 Å². The number of rotatable bonds is 5. The van der Waals surface area contributed by atoms with E-state index in [1.165, 1.54) is 0 Å². The molecule has 1 aliphatic rings. The number of halogens is 3. The highest BCUT2D eigenvalue weighted by Crippen LogP contribution is 2.26. The second-order valence-corrected chi connectivity index (χ2v) is 5.85. The summed E-state index contributed by atoms with van der Waals surface area (Å²) in [5.74, 6) is 0.793. The summed E-state index contributed by atoms with van der Waals surface area (Å²) in [5, 5.41) is 9.15. The van der Waals surface area contributed by atoms with Crippen LogP contribution in [0, 0.1) is 0 Å². The molecule has 0 spiro atoms. The Kier molecular flexibility index (Phi) is 5.89. The lowest BCUT2D eigenvalue weighted by atomic mass is 10.1. The van der Waals surface area contributed by atoms with Gasteiger partial charge in [0.05, 0.1) is 7.11 Å². The van der Waals surface area contributed by atoms with Crippen LogP contribution in [-0.2, 0) is 0 Å². The fraction of sp³-hybridized carbons (Fsp3) is 0.625. The number of alkyl halides is 3. The summed E-state index contributed by atoms with van der Waals surface area (Å²) in [6.07, 6.45) is -6.82. The largest absolute Gasteiger partial charge is 0.497 e. The molecule has 0 radical (unpaired) electrons. The van der Waals surface area contributed by atoms with Gasteiger partial charge in [-0.2, -0.15) is 13.2 Å². The number of hydrogen-bond donors (Lipinski definition) is 1. The van der Waals surface area contributed by atoms with E-state index in [1.807, 2.05) is 24.3 Å². The van der Waals surface area contributed by atoms with Gasteiger partial charge in [-0.1, -0.05) is 12.1 Å². The van der Waals surface area contributed by atoms with Crippen LogP contribution in [0.1, 0.15) is 18.5 Å². The zero-order valence-electron chi connectivity index (χ0n) is 13.4. The van der Waals surface area contributed by atoms with Crippen LogP contribution in [0.2, 0.25) is 0 Å². The Labute approximate surface area is 134 Å². The number of aliphatic hydroxyl groups excluding tert-OH is 1. The van der Waals surface area contributed by atoms with Crippen molar-refractivity contribution in [1.29, 1.82) is 0 Å². The van der Waals surface area contributed by atoms with Gasteiger partial charge in [0, 0.05) is 38.8 Å². The van der Waals surface area contributed by atoms with Gasteiger partial charge in [-0.3, -0.25) is 9.80 Å². The maximum absolute atomic E-state index is 12.4. The molecule has 1 aliphatic heterocycles. The average Bonchev–Trinajstić information content (AvgIpc) is 2.54. The standard InChI is InChI=1S/C16H23F3N2O2/c1-12(13-4-3-5-14(10-13)23-2)21-8-6-20(7-9-21)11-15(22)16(17,18)19/h3-5,10,12,15,22H,6-9,11H2,1-2H3/t12-,15-/m0/s1. The smallest absolute Gasteiger partial charge is 0.415 e. The molecule has 7 heteroatoms. The van der Waals surface area contributed by atoms with Crippen molar-refractivity contribution in [2.45, 2.75) is 25.2 Å². The predicted molar refractivity (Wildman–Crippen MR) is 81.5 cm³/mol. The van der Waals surface area contributed by atoms with Gasteiger partial charge in [-0.25, -0.2) is 0 Å². The van der Waals surface area contributed by atoms with E-state index in [4.69, 9.17) is 9.84 Å². The number of benzene rings is 1. The maximum Gasteiger partial charge on any atom is 0.415 e. The fourth-order valence-electron chi connectivity index (χ4n) is 2.79. The van der Waals surface area contributed by atoms with E-state index in [1.54, 1.807) is 12.0 Å². The molecular weight excluding hydrogens is 309 g/mol. The number of hydrogen-bond acceptors (Lipinski definition) is 4. The number of nitrogens with zero attached hydrogens (tertiary/aromatic N) is 2. The summed E-state index contributed by atoms with van der Waals surface area (Å²) in [4.78, 5) is 3.89. The van der Waals surface area contributed by atoms with Gasteiger partial charge in [0.1, 0.15) is 5.75 Å². The predicted octanol–water partition coefficient (Wildman–Crippen LogP) is 2.30. The van der Waals surface area contributed by atoms with Crippen LogP contribution < -0.4 is 4.74 Å². The molecule has 1 saturated heterocycles. The van der Waals surface area contributed by atoms with Crippen molar-refractivity contribution in [2.75, 3.05) is 39.8 Å². The summed E-state index contributed by atoms with van der Waals surface area (Å²) in [6, 6.07) is 7.98. The summed E-state index contributed by atoms with van der Waals surface area (Å²) >= 11 is 0. The van der Waals surface area contributed by atoms with Gasteiger partial charge in [-0.15, -0.1) is 0 Å².